The van der Waals surface area contributed by atoms with Crippen molar-refractivity contribution >= 4 is 17.7 Å². The summed E-state index contributed by atoms with van der Waals surface area (Å²) in [6.07, 6.45) is 0. The van der Waals surface area contributed by atoms with Crippen molar-refractivity contribution in [3.63, 3.8) is 0 Å². The van der Waals surface area contributed by atoms with E-state index in [1.54, 1.807) is 24.3 Å². The fourth-order valence-electron chi connectivity index (χ4n) is 3.84. The fraction of sp³-hybridized carbons (Fsp3) is 0.160. The first-order valence-electron chi connectivity index (χ1n) is 9.89. The summed E-state index contributed by atoms with van der Waals surface area (Å²) in [5, 5.41) is 2.83. The average molecular weight is 416 g/mol. The van der Waals surface area contributed by atoms with Gasteiger partial charge in [0.25, 0.3) is 5.91 Å². The third-order valence-corrected chi connectivity index (χ3v) is 5.70. The van der Waals surface area contributed by atoms with E-state index in [9.17, 15) is 18.8 Å². The van der Waals surface area contributed by atoms with Gasteiger partial charge in [0.05, 0.1) is 6.54 Å². The van der Waals surface area contributed by atoms with Crippen LogP contribution in [0.5, 0.6) is 0 Å². The number of carbonyl (C=O) groups is 3. The lowest BCUT2D eigenvalue weighted by molar-refractivity contribution is -0.129. The average Bonchev–Trinajstić information content (AvgIpc) is 3.02. The normalized spacial score (nSPS) is 18.2. The summed E-state index contributed by atoms with van der Waals surface area (Å²) in [5.41, 5.74) is 1.90. The van der Waals surface area contributed by atoms with Crippen LogP contribution < -0.4 is 5.32 Å². The molecule has 0 spiro atoms. The molecule has 1 atom stereocenters. The van der Waals surface area contributed by atoms with Gasteiger partial charge in [-0.3, -0.25) is 14.5 Å². The molecule has 0 unspecified atom stereocenters. The third-order valence-electron chi connectivity index (χ3n) is 5.70. The summed E-state index contributed by atoms with van der Waals surface area (Å²) in [7, 11) is 0. The monoisotopic (exact) mass is 416 g/mol. The number of Topliss-reactive ketones (excluding diaryl/α,β-unsaturated/α-hetero) is 1. The maximum absolute atomic E-state index is 13.7. The lowest BCUT2D eigenvalue weighted by Gasteiger charge is -2.28. The van der Waals surface area contributed by atoms with E-state index in [2.05, 4.69) is 5.32 Å². The number of carbonyl (C=O) groups excluding carboxylic acids is 3. The Hall–Kier alpha value is -3.80. The van der Waals surface area contributed by atoms with Gasteiger partial charge in [-0.1, -0.05) is 60.7 Å². The Morgan fingerprint density at radius 2 is 1.65 bits per heavy atom. The number of urea groups is 1. The van der Waals surface area contributed by atoms with Gasteiger partial charge in [-0.15, -0.1) is 0 Å². The van der Waals surface area contributed by atoms with Crippen molar-refractivity contribution in [2.24, 2.45) is 0 Å². The molecule has 1 aliphatic rings. The zero-order valence-electron chi connectivity index (χ0n) is 17.2. The highest BCUT2D eigenvalue weighted by Crippen LogP contribution is 2.36. The highest BCUT2D eigenvalue weighted by atomic mass is 19.1. The molecule has 3 amide bonds. The van der Waals surface area contributed by atoms with Crippen molar-refractivity contribution in [2.75, 3.05) is 6.54 Å². The minimum absolute atomic E-state index is 0.101. The van der Waals surface area contributed by atoms with E-state index in [1.807, 2.05) is 38.1 Å². The highest BCUT2D eigenvalue weighted by Gasteiger charge is 2.54. The van der Waals surface area contributed by atoms with Crippen LogP contribution >= 0.6 is 0 Å². The summed E-state index contributed by atoms with van der Waals surface area (Å²) in [6.45, 7) is 3.42. The molecule has 1 fully saturated rings. The first kappa shape index (κ1) is 20.5. The van der Waals surface area contributed by atoms with Gasteiger partial charge in [0.15, 0.2) is 11.3 Å². The van der Waals surface area contributed by atoms with Gasteiger partial charge in [-0.05, 0) is 48.2 Å². The zero-order chi connectivity index (χ0) is 22.2. The zero-order valence-corrected chi connectivity index (χ0v) is 17.2. The Bertz CT molecular complexity index is 1190. The minimum atomic E-state index is -1.45. The number of imide groups is 1. The molecule has 31 heavy (non-hydrogen) atoms. The molecule has 156 valence electrons. The van der Waals surface area contributed by atoms with E-state index < -0.39 is 35.6 Å². The number of nitrogens with one attached hydrogen (secondary N) is 1. The molecule has 3 aromatic carbocycles. The maximum Gasteiger partial charge on any atom is 0.325 e. The number of nitrogens with zero attached hydrogens (tertiary/aromatic N) is 1. The van der Waals surface area contributed by atoms with E-state index in [4.69, 9.17) is 0 Å². The molecule has 5 nitrogen and oxygen atoms in total. The molecule has 0 bridgehead atoms. The standard InChI is InChI=1S/C25H21FN2O3/c1-16-11-12-20(13-17(16)2)25(19-8-4-3-5-9-19)23(30)28(24(31)27-25)15-22(29)18-7-6-10-21(26)14-18/h3-14H,15H2,1-2H3,(H,27,31)/t25-/m1/s1. The fourth-order valence-corrected chi connectivity index (χ4v) is 3.84. The lowest BCUT2D eigenvalue weighted by Crippen LogP contribution is -2.45. The Morgan fingerprint density at radius 1 is 0.903 bits per heavy atom. The van der Waals surface area contributed by atoms with Crippen LogP contribution in [0, 0.1) is 19.7 Å². The van der Waals surface area contributed by atoms with Crippen LogP contribution in [-0.2, 0) is 10.3 Å². The number of aryl methyl sites for hydroxylation is 2. The molecule has 6 heteroatoms. The molecule has 1 saturated heterocycles. The van der Waals surface area contributed by atoms with Crippen LogP contribution in [0.4, 0.5) is 9.18 Å². The van der Waals surface area contributed by atoms with Crippen LogP contribution in [0.25, 0.3) is 0 Å². The predicted molar refractivity (Wildman–Crippen MR) is 114 cm³/mol. The molecule has 0 saturated carbocycles. The molecule has 0 aromatic heterocycles. The van der Waals surface area contributed by atoms with Gasteiger partial charge in [0.2, 0.25) is 0 Å². The van der Waals surface area contributed by atoms with Crippen molar-refractivity contribution in [1.29, 1.82) is 0 Å². The summed E-state index contributed by atoms with van der Waals surface area (Å²) >= 11 is 0. The lowest BCUT2D eigenvalue weighted by atomic mass is 9.81. The van der Waals surface area contributed by atoms with Gasteiger partial charge < -0.3 is 5.32 Å². The van der Waals surface area contributed by atoms with Crippen LogP contribution in [0.15, 0.2) is 72.8 Å². The quantitative estimate of drug-likeness (QED) is 0.503. The molecule has 1 heterocycles. The van der Waals surface area contributed by atoms with Crippen LogP contribution in [-0.4, -0.2) is 29.2 Å². The Kier molecular flexibility index (Phi) is 5.15. The summed E-state index contributed by atoms with van der Waals surface area (Å²) in [4.78, 5) is 40.2. The van der Waals surface area contributed by atoms with Crippen molar-refractivity contribution in [2.45, 2.75) is 19.4 Å². The molecule has 0 radical (unpaired) electrons. The number of halogens is 1. The number of ketones is 1. The molecule has 1 N–H and O–H groups in total. The molecule has 3 aromatic rings. The van der Waals surface area contributed by atoms with E-state index in [-0.39, 0.29) is 5.56 Å². The summed E-state index contributed by atoms with van der Waals surface area (Å²) in [6, 6.07) is 19.0. The molecule has 4 rings (SSSR count). The second-order valence-corrected chi connectivity index (χ2v) is 7.67. The van der Waals surface area contributed by atoms with Gasteiger partial charge >= 0.3 is 6.03 Å². The Balaban J connectivity index is 1.77. The van der Waals surface area contributed by atoms with E-state index in [1.165, 1.54) is 18.2 Å². The first-order chi connectivity index (χ1) is 14.8. The van der Waals surface area contributed by atoms with Crippen LogP contribution in [0.2, 0.25) is 0 Å². The van der Waals surface area contributed by atoms with Crippen molar-refractivity contribution in [3.05, 3.63) is 106 Å². The van der Waals surface area contributed by atoms with Gasteiger partial charge in [-0.2, -0.15) is 0 Å². The third kappa shape index (κ3) is 3.50. The number of amides is 3. The van der Waals surface area contributed by atoms with Crippen LogP contribution in [0.3, 0.4) is 0 Å². The van der Waals surface area contributed by atoms with Gasteiger partial charge in [0, 0.05) is 5.56 Å². The summed E-state index contributed by atoms with van der Waals surface area (Å²) < 4.78 is 13.5. The SMILES string of the molecule is Cc1ccc([C@@]2(c3ccccc3)NC(=O)N(CC(=O)c3cccc(F)c3)C2=O)cc1C. The Labute approximate surface area is 179 Å². The van der Waals surface area contributed by atoms with E-state index >= 15 is 0 Å². The predicted octanol–water partition coefficient (Wildman–Crippen LogP) is 4.12. The maximum atomic E-state index is 13.7. The topological polar surface area (TPSA) is 66.5 Å². The molecular formula is C25H21FN2O3. The smallest absolute Gasteiger partial charge is 0.315 e. The molecular weight excluding hydrogens is 395 g/mol. The summed E-state index contributed by atoms with van der Waals surface area (Å²) in [5.74, 6) is -1.62. The highest BCUT2D eigenvalue weighted by molar-refractivity contribution is 6.13. The number of hydrogen-bond acceptors (Lipinski definition) is 3. The second-order valence-electron chi connectivity index (χ2n) is 7.67. The minimum Gasteiger partial charge on any atom is -0.315 e. The number of rotatable bonds is 5. The second kappa shape index (κ2) is 7.80. The molecule has 1 aliphatic heterocycles. The van der Waals surface area contributed by atoms with Crippen molar-refractivity contribution in [1.82, 2.24) is 10.2 Å². The van der Waals surface area contributed by atoms with Gasteiger partial charge in [-0.25, -0.2) is 9.18 Å². The number of hydrogen-bond donors (Lipinski definition) is 1. The van der Waals surface area contributed by atoms with Crippen molar-refractivity contribution < 1.29 is 18.8 Å². The first-order valence-corrected chi connectivity index (χ1v) is 9.89. The van der Waals surface area contributed by atoms with Gasteiger partial charge in [0.1, 0.15) is 5.82 Å². The van der Waals surface area contributed by atoms with Crippen LogP contribution in [0.1, 0.15) is 32.6 Å². The Morgan fingerprint density at radius 3 is 2.32 bits per heavy atom. The van der Waals surface area contributed by atoms with Crippen molar-refractivity contribution in [3.8, 4) is 0 Å². The largest absolute Gasteiger partial charge is 0.325 e. The molecule has 0 aliphatic carbocycles. The van der Waals surface area contributed by atoms with E-state index in [0.29, 0.717) is 11.1 Å². The number of benzene rings is 3. The van der Waals surface area contributed by atoms with E-state index in [0.717, 1.165) is 22.1 Å².